The van der Waals surface area contributed by atoms with Gasteiger partial charge in [-0.25, -0.2) is 4.98 Å². The Morgan fingerprint density at radius 3 is 2.26 bits per heavy atom. The lowest BCUT2D eigenvalue weighted by molar-refractivity contribution is -0.119. The maximum absolute atomic E-state index is 12.0. The number of carbonyl (C=O) groups is 2. The molecule has 1 heterocycles. The van der Waals surface area contributed by atoms with E-state index >= 15 is 0 Å². The van der Waals surface area contributed by atoms with Crippen LogP contribution < -0.4 is 10.9 Å². The lowest BCUT2D eigenvalue weighted by Gasteiger charge is -2.07. The Kier molecular flexibility index (Phi) is 6.26. The molecule has 0 aliphatic rings. The zero-order valence-corrected chi connectivity index (χ0v) is 16.6. The molecule has 27 heavy (non-hydrogen) atoms. The van der Waals surface area contributed by atoms with Crippen LogP contribution in [-0.4, -0.2) is 22.6 Å². The molecule has 2 aromatic carbocycles. The average molecular weight is 398 g/mol. The Morgan fingerprint density at radius 1 is 0.963 bits per heavy atom. The second-order valence-electron chi connectivity index (χ2n) is 6.02. The highest BCUT2D eigenvalue weighted by atomic mass is 32.2. The number of carbonyl (C=O) groups excluding carboxylic acids is 2. The predicted octanol–water partition coefficient (Wildman–Crippen LogP) is 3.98. The first-order valence-electron chi connectivity index (χ1n) is 8.32. The summed E-state index contributed by atoms with van der Waals surface area (Å²) >= 11 is 2.84. The van der Waals surface area contributed by atoms with Crippen LogP contribution in [0.25, 0.3) is 11.3 Å². The largest absolute Gasteiger partial charge is 0.272 e. The van der Waals surface area contributed by atoms with Crippen LogP contribution in [0.1, 0.15) is 21.5 Å². The monoisotopic (exact) mass is 397 g/mol. The van der Waals surface area contributed by atoms with E-state index in [-0.39, 0.29) is 17.6 Å². The molecule has 0 saturated carbocycles. The molecule has 0 saturated heterocycles. The molecule has 0 spiro atoms. The van der Waals surface area contributed by atoms with E-state index in [1.807, 2.05) is 55.6 Å². The second kappa shape index (κ2) is 8.83. The van der Waals surface area contributed by atoms with Gasteiger partial charge >= 0.3 is 0 Å². The molecule has 3 rings (SSSR count). The summed E-state index contributed by atoms with van der Waals surface area (Å²) in [6, 6.07) is 15.3. The van der Waals surface area contributed by atoms with E-state index < -0.39 is 0 Å². The number of rotatable bonds is 5. The van der Waals surface area contributed by atoms with Crippen molar-refractivity contribution in [2.24, 2.45) is 0 Å². The number of aromatic nitrogens is 1. The van der Waals surface area contributed by atoms with E-state index in [0.717, 1.165) is 21.2 Å². The van der Waals surface area contributed by atoms with E-state index in [9.17, 15) is 9.59 Å². The normalized spacial score (nSPS) is 10.4. The fraction of sp³-hybridized carbons (Fsp3) is 0.150. The number of nitrogens with one attached hydrogen (secondary N) is 2. The van der Waals surface area contributed by atoms with E-state index in [1.54, 1.807) is 12.1 Å². The molecule has 0 aliphatic carbocycles. The quantitative estimate of drug-likeness (QED) is 0.505. The molecule has 7 heteroatoms. The summed E-state index contributed by atoms with van der Waals surface area (Å²) in [6.45, 7) is 3.99. The Labute approximate surface area is 166 Å². The van der Waals surface area contributed by atoms with Crippen LogP contribution in [-0.2, 0) is 4.79 Å². The van der Waals surface area contributed by atoms with Crippen LogP contribution in [0.5, 0.6) is 0 Å². The van der Waals surface area contributed by atoms with Gasteiger partial charge in [0.1, 0.15) is 0 Å². The van der Waals surface area contributed by atoms with Gasteiger partial charge in [-0.3, -0.25) is 20.4 Å². The van der Waals surface area contributed by atoms with Crippen LogP contribution in [0.4, 0.5) is 0 Å². The van der Waals surface area contributed by atoms with Crippen molar-refractivity contribution >= 4 is 34.9 Å². The van der Waals surface area contributed by atoms with Crippen LogP contribution in [0.15, 0.2) is 58.3 Å². The molecule has 0 unspecified atom stereocenters. The Bertz CT molecular complexity index is 935. The molecule has 3 aromatic rings. The Hall–Kier alpha value is -2.64. The summed E-state index contributed by atoms with van der Waals surface area (Å²) < 4.78 is 0.811. The number of hydrogen-bond donors (Lipinski definition) is 2. The molecule has 138 valence electrons. The maximum atomic E-state index is 12.0. The molecule has 5 nitrogen and oxygen atoms in total. The van der Waals surface area contributed by atoms with Crippen LogP contribution in [0, 0.1) is 13.8 Å². The van der Waals surface area contributed by atoms with Crippen molar-refractivity contribution in [3.63, 3.8) is 0 Å². The van der Waals surface area contributed by atoms with Crippen molar-refractivity contribution in [1.29, 1.82) is 0 Å². The van der Waals surface area contributed by atoms with Gasteiger partial charge in [-0.15, -0.1) is 11.3 Å². The van der Waals surface area contributed by atoms with Gasteiger partial charge in [-0.1, -0.05) is 59.3 Å². The smallest absolute Gasteiger partial charge is 0.269 e. The van der Waals surface area contributed by atoms with Gasteiger partial charge in [0.25, 0.3) is 5.91 Å². The van der Waals surface area contributed by atoms with Gasteiger partial charge in [0.05, 0.1) is 11.4 Å². The standard InChI is InChI=1S/C20H19N3O2S2/c1-13-3-7-15(8-4-13)17-11-26-20(21-17)27-12-18(24)22-23-19(25)16-9-5-14(2)6-10-16/h3-11H,12H2,1-2H3,(H,22,24)(H,23,25). The van der Waals surface area contributed by atoms with Gasteiger partial charge in [-0.2, -0.15) is 0 Å². The number of hydrogen-bond acceptors (Lipinski definition) is 5. The minimum absolute atomic E-state index is 0.176. The fourth-order valence-corrected chi connectivity index (χ4v) is 3.88. The third kappa shape index (κ3) is 5.42. The molecular formula is C20H19N3O2S2. The summed E-state index contributed by atoms with van der Waals surface area (Å²) in [6.07, 6.45) is 0. The molecule has 0 fully saturated rings. The fourth-order valence-electron chi connectivity index (χ4n) is 2.25. The molecular weight excluding hydrogens is 378 g/mol. The summed E-state index contributed by atoms with van der Waals surface area (Å²) in [5.41, 5.74) is 9.57. The van der Waals surface area contributed by atoms with Crippen molar-refractivity contribution in [3.8, 4) is 11.3 Å². The number of nitrogens with zero attached hydrogens (tertiary/aromatic N) is 1. The van der Waals surface area contributed by atoms with Crippen molar-refractivity contribution in [2.45, 2.75) is 18.2 Å². The lowest BCUT2D eigenvalue weighted by atomic mass is 10.1. The number of benzene rings is 2. The third-order valence-corrected chi connectivity index (χ3v) is 5.81. The third-order valence-electron chi connectivity index (χ3n) is 3.79. The molecule has 0 aliphatic heterocycles. The van der Waals surface area contributed by atoms with Crippen LogP contribution in [0.3, 0.4) is 0 Å². The minimum atomic E-state index is -0.343. The predicted molar refractivity (Wildman–Crippen MR) is 110 cm³/mol. The lowest BCUT2D eigenvalue weighted by Crippen LogP contribution is -2.42. The second-order valence-corrected chi connectivity index (χ2v) is 8.10. The summed E-state index contributed by atoms with van der Waals surface area (Å²) in [5.74, 6) is -0.452. The number of amides is 2. The highest BCUT2D eigenvalue weighted by molar-refractivity contribution is 8.01. The molecule has 2 N–H and O–H groups in total. The van der Waals surface area contributed by atoms with Gasteiger partial charge in [0, 0.05) is 16.5 Å². The molecule has 0 radical (unpaired) electrons. The van der Waals surface area contributed by atoms with Gasteiger partial charge in [0.15, 0.2) is 4.34 Å². The van der Waals surface area contributed by atoms with Crippen molar-refractivity contribution in [1.82, 2.24) is 15.8 Å². The van der Waals surface area contributed by atoms with Crippen LogP contribution >= 0.6 is 23.1 Å². The van der Waals surface area contributed by atoms with Crippen molar-refractivity contribution < 1.29 is 9.59 Å². The number of thiazole rings is 1. The SMILES string of the molecule is Cc1ccc(C(=O)NNC(=O)CSc2nc(-c3ccc(C)cc3)cs2)cc1. The number of thioether (sulfide) groups is 1. The van der Waals surface area contributed by atoms with Crippen molar-refractivity contribution in [2.75, 3.05) is 5.75 Å². The molecule has 0 bridgehead atoms. The highest BCUT2D eigenvalue weighted by Gasteiger charge is 2.10. The van der Waals surface area contributed by atoms with Gasteiger partial charge in [-0.05, 0) is 26.0 Å². The van der Waals surface area contributed by atoms with Crippen LogP contribution in [0.2, 0.25) is 0 Å². The first-order valence-corrected chi connectivity index (χ1v) is 10.2. The van der Waals surface area contributed by atoms with E-state index in [1.165, 1.54) is 28.7 Å². The minimum Gasteiger partial charge on any atom is -0.272 e. The molecule has 2 amide bonds. The molecule has 1 aromatic heterocycles. The van der Waals surface area contributed by atoms with E-state index in [0.29, 0.717) is 5.56 Å². The Balaban J connectivity index is 1.47. The number of hydrazine groups is 1. The topological polar surface area (TPSA) is 71.1 Å². The first kappa shape index (κ1) is 19.1. The summed E-state index contributed by atoms with van der Waals surface area (Å²) in [7, 11) is 0. The number of aryl methyl sites for hydroxylation is 2. The van der Waals surface area contributed by atoms with E-state index in [2.05, 4.69) is 15.8 Å². The Morgan fingerprint density at radius 2 is 1.59 bits per heavy atom. The zero-order chi connectivity index (χ0) is 19.2. The average Bonchev–Trinajstić information content (AvgIpc) is 3.14. The summed E-state index contributed by atoms with van der Waals surface area (Å²) in [4.78, 5) is 28.5. The highest BCUT2D eigenvalue weighted by Crippen LogP contribution is 2.28. The molecule has 0 atom stereocenters. The summed E-state index contributed by atoms with van der Waals surface area (Å²) in [5, 5.41) is 1.98. The zero-order valence-electron chi connectivity index (χ0n) is 15.0. The maximum Gasteiger partial charge on any atom is 0.269 e. The van der Waals surface area contributed by atoms with E-state index in [4.69, 9.17) is 0 Å². The van der Waals surface area contributed by atoms with Gasteiger partial charge in [0.2, 0.25) is 5.91 Å². The first-order chi connectivity index (χ1) is 13.0. The van der Waals surface area contributed by atoms with Crippen molar-refractivity contribution in [3.05, 3.63) is 70.6 Å². The van der Waals surface area contributed by atoms with Gasteiger partial charge < -0.3 is 0 Å².